The Morgan fingerprint density at radius 2 is 1.91 bits per heavy atom. The van der Waals surface area contributed by atoms with Gasteiger partial charge in [-0.05, 0) is 61.5 Å². The number of phenols is 1. The van der Waals surface area contributed by atoms with Crippen LogP contribution in [0.2, 0.25) is 0 Å². The molecule has 0 spiro atoms. The predicted octanol–water partition coefficient (Wildman–Crippen LogP) is 3.88. The van der Waals surface area contributed by atoms with Gasteiger partial charge < -0.3 is 5.11 Å². The summed E-state index contributed by atoms with van der Waals surface area (Å²) >= 11 is 0. The normalized spacial score (nSPS) is 10.0. The average Bonchev–Trinajstić information content (AvgIpc) is 2.04. The molecular formula is C6H4Cl2OS2. The summed E-state index contributed by atoms with van der Waals surface area (Å²) in [6.45, 7) is 0. The molecule has 0 aliphatic heterocycles. The van der Waals surface area contributed by atoms with Crippen molar-refractivity contribution < 1.29 is 5.11 Å². The first kappa shape index (κ1) is 9.39. The minimum absolute atomic E-state index is 0.163. The molecule has 0 saturated carbocycles. The molecule has 60 valence electrons. The zero-order valence-corrected chi connectivity index (χ0v) is 8.40. The molecule has 5 heteroatoms. The molecule has 0 aliphatic carbocycles. The second-order valence-corrected chi connectivity index (χ2v) is 3.93. The van der Waals surface area contributed by atoms with Crippen molar-refractivity contribution in [2.45, 2.75) is 9.79 Å². The van der Waals surface area contributed by atoms with E-state index in [-0.39, 0.29) is 5.75 Å². The molecule has 0 atom stereocenters. The van der Waals surface area contributed by atoms with Crippen molar-refractivity contribution in [3.8, 4) is 5.75 Å². The number of benzene rings is 1. The molecule has 1 aromatic carbocycles. The first-order valence-corrected chi connectivity index (χ1v) is 5.96. The summed E-state index contributed by atoms with van der Waals surface area (Å²) in [6.07, 6.45) is 0. The lowest BCUT2D eigenvalue weighted by Gasteiger charge is -1.99. The summed E-state index contributed by atoms with van der Waals surface area (Å²) in [4.78, 5) is 1.44. The van der Waals surface area contributed by atoms with E-state index in [0.29, 0.717) is 4.90 Å². The third kappa shape index (κ3) is 2.37. The number of phenolic OH excluding ortho intramolecular Hbond substituents is 1. The zero-order chi connectivity index (χ0) is 8.27. The molecule has 0 fully saturated rings. The second kappa shape index (κ2) is 4.36. The molecule has 0 bridgehead atoms. The fraction of sp³-hybridized carbons (Fsp3) is 0. The third-order valence-corrected chi connectivity index (χ3v) is 3.08. The highest BCUT2D eigenvalue weighted by atomic mass is 35.7. The van der Waals surface area contributed by atoms with E-state index < -0.39 is 0 Å². The largest absolute Gasteiger partial charge is 0.507 e. The molecule has 0 aliphatic rings. The summed E-state index contributed by atoms with van der Waals surface area (Å²) in [6, 6.07) is 5.09. The molecule has 0 aromatic heterocycles. The fourth-order valence-electron chi connectivity index (χ4n) is 0.610. The Hall–Kier alpha value is 0.300. The molecule has 1 aromatic rings. The van der Waals surface area contributed by atoms with Gasteiger partial charge in [0, 0.05) is 4.90 Å². The molecule has 1 rings (SSSR count). The van der Waals surface area contributed by atoms with Crippen molar-refractivity contribution >= 4 is 43.3 Å². The van der Waals surface area contributed by atoms with Gasteiger partial charge in [0.1, 0.15) is 5.75 Å². The van der Waals surface area contributed by atoms with Crippen LogP contribution in [0, 0.1) is 0 Å². The predicted molar refractivity (Wildman–Crippen MR) is 51.5 cm³/mol. The molecule has 11 heavy (non-hydrogen) atoms. The van der Waals surface area contributed by atoms with E-state index in [4.69, 9.17) is 21.4 Å². The molecule has 0 radical (unpaired) electrons. The monoisotopic (exact) mass is 226 g/mol. The maximum Gasteiger partial charge on any atom is 0.131 e. The lowest BCUT2D eigenvalue weighted by Crippen LogP contribution is -1.71. The maximum atomic E-state index is 9.25. The number of aromatic hydroxyl groups is 1. The van der Waals surface area contributed by atoms with Crippen LogP contribution in [0.25, 0.3) is 0 Å². The van der Waals surface area contributed by atoms with Gasteiger partial charge in [-0.25, -0.2) is 0 Å². The van der Waals surface area contributed by atoms with Crippen molar-refractivity contribution in [3.63, 3.8) is 0 Å². The third-order valence-electron chi connectivity index (χ3n) is 1.10. The van der Waals surface area contributed by atoms with Gasteiger partial charge in [-0.1, -0.05) is 0 Å². The van der Waals surface area contributed by atoms with Gasteiger partial charge in [0.05, 0.1) is 4.90 Å². The molecule has 0 amide bonds. The summed E-state index contributed by atoms with van der Waals surface area (Å²) < 4.78 is 0. The van der Waals surface area contributed by atoms with Crippen LogP contribution in [-0.4, -0.2) is 5.11 Å². The Labute approximate surface area is 82.1 Å². The Morgan fingerprint density at radius 3 is 2.36 bits per heavy atom. The molecule has 0 saturated heterocycles. The zero-order valence-electron chi connectivity index (χ0n) is 5.25. The van der Waals surface area contributed by atoms with E-state index in [9.17, 15) is 5.11 Å². The minimum atomic E-state index is 0.163. The average molecular weight is 227 g/mol. The highest BCUT2D eigenvalue weighted by Crippen LogP contribution is 2.34. The van der Waals surface area contributed by atoms with Crippen LogP contribution < -0.4 is 0 Å². The van der Waals surface area contributed by atoms with Crippen LogP contribution >= 0.6 is 43.3 Å². The van der Waals surface area contributed by atoms with E-state index in [1.54, 1.807) is 18.2 Å². The van der Waals surface area contributed by atoms with Gasteiger partial charge >= 0.3 is 0 Å². The fourth-order valence-corrected chi connectivity index (χ4v) is 1.82. The van der Waals surface area contributed by atoms with E-state index in [1.165, 1.54) is 0 Å². The Morgan fingerprint density at radius 1 is 1.18 bits per heavy atom. The van der Waals surface area contributed by atoms with E-state index in [2.05, 4.69) is 0 Å². The lowest BCUT2D eigenvalue weighted by molar-refractivity contribution is 0.461. The number of hydrogen-bond acceptors (Lipinski definition) is 3. The van der Waals surface area contributed by atoms with Gasteiger partial charge in [0.2, 0.25) is 0 Å². The smallest absolute Gasteiger partial charge is 0.131 e. The quantitative estimate of drug-likeness (QED) is 0.827. The van der Waals surface area contributed by atoms with Crippen LogP contribution in [0.3, 0.4) is 0 Å². The summed E-state index contributed by atoms with van der Waals surface area (Å²) in [5.41, 5.74) is 0. The van der Waals surface area contributed by atoms with Crippen molar-refractivity contribution in [2.24, 2.45) is 0 Å². The highest BCUT2D eigenvalue weighted by molar-refractivity contribution is 8.21. The number of rotatable bonds is 2. The van der Waals surface area contributed by atoms with Gasteiger partial charge in [-0.3, -0.25) is 0 Å². The number of halogens is 2. The summed E-state index contributed by atoms with van der Waals surface area (Å²) in [5.74, 6) is 0.163. The van der Waals surface area contributed by atoms with Crippen LogP contribution in [0.1, 0.15) is 0 Å². The lowest BCUT2D eigenvalue weighted by atomic mass is 10.3. The number of hydrogen-bond donors (Lipinski definition) is 1. The highest BCUT2D eigenvalue weighted by Gasteiger charge is 2.01. The molecule has 0 heterocycles. The van der Waals surface area contributed by atoms with Gasteiger partial charge in [0.25, 0.3) is 0 Å². The van der Waals surface area contributed by atoms with Crippen molar-refractivity contribution in [2.75, 3.05) is 0 Å². The standard InChI is InChI=1S/C6H4Cl2OS2/c7-10-4-1-2-6(11-8)5(9)3-4/h1-3,9H. The van der Waals surface area contributed by atoms with Crippen molar-refractivity contribution in [1.82, 2.24) is 0 Å². The Balaban J connectivity index is 2.99. The van der Waals surface area contributed by atoms with Crippen molar-refractivity contribution in [1.29, 1.82) is 0 Å². The van der Waals surface area contributed by atoms with Gasteiger partial charge in [0.15, 0.2) is 0 Å². The first-order valence-electron chi connectivity index (χ1n) is 2.68. The molecular weight excluding hydrogens is 223 g/mol. The van der Waals surface area contributed by atoms with E-state index in [0.717, 1.165) is 26.8 Å². The SMILES string of the molecule is Oc1cc(SCl)ccc1SCl. The van der Waals surface area contributed by atoms with E-state index in [1.807, 2.05) is 0 Å². The topological polar surface area (TPSA) is 20.2 Å². The van der Waals surface area contributed by atoms with Crippen LogP contribution in [0.5, 0.6) is 5.75 Å². The molecule has 1 nitrogen and oxygen atoms in total. The Kier molecular flexibility index (Phi) is 3.72. The minimum Gasteiger partial charge on any atom is -0.507 e. The van der Waals surface area contributed by atoms with Crippen LogP contribution in [0.4, 0.5) is 0 Å². The van der Waals surface area contributed by atoms with Crippen molar-refractivity contribution in [3.05, 3.63) is 18.2 Å². The van der Waals surface area contributed by atoms with Gasteiger partial charge in [-0.15, -0.1) is 0 Å². The van der Waals surface area contributed by atoms with Gasteiger partial charge in [-0.2, -0.15) is 0 Å². The second-order valence-electron chi connectivity index (χ2n) is 1.78. The summed E-state index contributed by atoms with van der Waals surface area (Å²) in [5, 5.41) is 9.25. The maximum absolute atomic E-state index is 9.25. The Bertz CT molecular complexity index is 254. The van der Waals surface area contributed by atoms with E-state index >= 15 is 0 Å². The first-order chi connectivity index (χ1) is 5.27. The summed E-state index contributed by atoms with van der Waals surface area (Å²) in [7, 11) is 13.0. The van der Waals surface area contributed by atoms with Crippen LogP contribution in [-0.2, 0) is 0 Å². The molecule has 1 N–H and O–H groups in total. The van der Waals surface area contributed by atoms with Crippen LogP contribution in [0.15, 0.2) is 28.0 Å². The molecule has 0 unspecified atom stereocenters.